The van der Waals surface area contributed by atoms with E-state index in [0.717, 1.165) is 0 Å². The van der Waals surface area contributed by atoms with Gasteiger partial charge in [-0.1, -0.05) is 13.8 Å². The molecule has 0 amide bonds. The lowest BCUT2D eigenvalue weighted by Crippen LogP contribution is -2.69. The average molecular weight is 583 g/mol. The van der Waals surface area contributed by atoms with Gasteiger partial charge >= 0.3 is 29.8 Å². The summed E-state index contributed by atoms with van der Waals surface area (Å²) < 4.78 is 41.7. The molecule has 0 radical (unpaired) electrons. The third-order valence-corrected chi connectivity index (χ3v) is 9.90. The van der Waals surface area contributed by atoms with Crippen LogP contribution in [0.5, 0.6) is 0 Å². The molecule has 0 unspecified atom stereocenters. The molecule has 5 aliphatic rings. The van der Waals surface area contributed by atoms with Gasteiger partial charge in [-0.15, -0.1) is 0 Å². The van der Waals surface area contributed by atoms with Gasteiger partial charge in [-0.3, -0.25) is 19.2 Å². The molecular weight excluding hydrogens is 544 g/mol. The van der Waals surface area contributed by atoms with Crippen LogP contribution in [0.25, 0.3) is 0 Å². The second kappa shape index (κ2) is 9.37. The van der Waals surface area contributed by atoms with Crippen LogP contribution >= 0.6 is 0 Å². The maximum absolute atomic E-state index is 13.2. The topological polar surface area (TPSA) is 177 Å². The summed E-state index contributed by atoms with van der Waals surface area (Å²) in [5.41, 5.74) is -5.50. The Morgan fingerprint density at radius 1 is 0.854 bits per heavy atom. The predicted molar refractivity (Wildman–Crippen MR) is 134 cm³/mol. The summed E-state index contributed by atoms with van der Waals surface area (Å²) in [6.45, 7) is 11.5. The van der Waals surface area contributed by atoms with E-state index in [4.69, 9.17) is 33.2 Å². The Kier molecular flexibility index (Phi) is 6.79. The Bertz CT molecular complexity index is 1190. The second-order valence-corrected chi connectivity index (χ2v) is 12.7. The lowest BCUT2D eigenvalue weighted by Gasteiger charge is -2.57. The minimum atomic E-state index is -1.52. The molecule has 3 heterocycles. The number of epoxide rings is 2. The highest BCUT2D eigenvalue weighted by molar-refractivity contribution is 5.89. The SMILES string of the molecule is CC(=O)O[C@H]1C[C@@]2(C)O[C@H]2[C@@H]2OC(=O)[C@]3(C)O[C@]23[C@@H](OC(C)=O)[C@H]2[C@@H](C)[C@@H](O)C[C@H](OC(C)=O)[C@]2(C)[C@H]1OC(C)=O. The molecule has 3 aliphatic heterocycles. The van der Waals surface area contributed by atoms with Gasteiger partial charge < -0.3 is 38.3 Å². The molecule has 0 aromatic rings. The number of ether oxygens (including phenoxy) is 7. The van der Waals surface area contributed by atoms with E-state index in [1.54, 1.807) is 27.7 Å². The Labute approximate surface area is 237 Å². The summed E-state index contributed by atoms with van der Waals surface area (Å²) in [7, 11) is 0. The van der Waals surface area contributed by atoms with Crippen LogP contribution in [0.1, 0.15) is 68.2 Å². The minimum absolute atomic E-state index is 0.0281. The van der Waals surface area contributed by atoms with Crippen LogP contribution in [0.15, 0.2) is 0 Å². The van der Waals surface area contributed by atoms with E-state index in [1.165, 1.54) is 27.7 Å². The monoisotopic (exact) mass is 582 g/mol. The van der Waals surface area contributed by atoms with Crippen molar-refractivity contribution in [2.24, 2.45) is 17.3 Å². The van der Waals surface area contributed by atoms with Crippen molar-refractivity contribution in [1.29, 1.82) is 0 Å². The Hall–Kier alpha value is -2.77. The third kappa shape index (κ3) is 4.25. The fraction of sp³-hybridized carbons (Fsp3) is 0.821. The van der Waals surface area contributed by atoms with E-state index in [2.05, 4.69) is 0 Å². The van der Waals surface area contributed by atoms with Gasteiger partial charge in [0.1, 0.15) is 30.5 Å². The van der Waals surface area contributed by atoms with E-state index >= 15 is 0 Å². The molecule has 1 spiro atoms. The molecule has 2 saturated carbocycles. The molecule has 13 nitrogen and oxygen atoms in total. The summed E-state index contributed by atoms with van der Waals surface area (Å²) in [5.74, 6) is -5.03. The molecule has 0 aromatic carbocycles. The molecule has 5 rings (SSSR count). The lowest BCUT2D eigenvalue weighted by molar-refractivity contribution is -0.247. The number of hydrogen-bond donors (Lipinski definition) is 1. The molecule has 13 heteroatoms. The normalized spacial score (nSPS) is 49.5. The van der Waals surface area contributed by atoms with Gasteiger partial charge in [-0.2, -0.15) is 0 Å². The van der Waals surface area contributed by atoms with Crippen LogP contribution in [0, 0.1) is 17.3 Å². The quantitative estimate of drug-likeness (QED) is 0.279. The van der Waals surface area contributed by atoms with E-state index in [-0.39, 0.29) is 12.8 Å². The fourth-order valence-electron chi connectivity index (χ4n) is 8.01. The highest BCUT2D eigenvalue weighted by Crippen LogP contribution is 2.69. The van der Waals surface area contributed by atoms with Crippen LogP contribution in [0.3, 0.4) is 0 Å². The molecule has 0 aromatic heterocycles. The van der Waals surface area contributed by atoms with Crippen molar-refractivity contribution >= 4 is 29.8 Å². The van der Waals surface area contributed by atoms with Crippen LogP contribution < -0.4 is 0 Å². The van der Waals surface area contributed by atoms with E-state index in [9.17, 15) is 29.1 Å². The van der Waals surface area contributed by atoms with Crippen LogP contribution in [-0.2, 0) is 57.1 Å². The first-order chi connectivity index (χ1) is 18.9. The molecule has 0 bridgehead atoms. The van der Waals surface area contributed by atoms with Crippen molar-refractivity contribution < 1.29 is 62.2 Å². The van der Waals surface area contributed by atoms with Crippen molar-refractivity contribution in [1.82, 2.24) is 0 Å². The number of aliphatic hydroxyl groups is 1. The molecule has 13 atom stereocenters. The highest BCUT2D eigenvalue weighted by atomic mass is 16.8. The zero-order valence-electron chi connectivity index (χ0n) is 24.5. The van der Waals surface area contributed by atoms with Gasteiger partial charge in [0.05, 0.1) is 17.1 Å². The number of aliphatic hydroxyl groups excluding tert-OH is 1. The van der Waals surface area contributed by atoms with Crippen LogP contribution in [0.4, 0.5) is 0 Å². The zero-order chi connectivity index (χ0) is 30.4. The van der Waals surface area contributed by atoms with Gasteiger partial charge in [-0.25, -0.2) is 4.79 Å². The lowest BCUT2D eigenvalue weighted by atomic mass is 9.52. The van der Waals surface area contributed by atoms with Crippen LogP contribution in [0.2, 0.25) is 0 Å². The van der Waals surface area contributed by atoms with Crippen molar-refractivity contribution in [2.75, 3.05) is 0 Å². The van der Waals surface area contributed by atoms with Gasteiger partial charge in [0, 0.05) is 46.5 Å². The van der Waals surface area contributed by atoms with E-state index in [0.29, 0.717) is 0 Å². The molecular formula is C28H38O13. The second-order valence-electron chi connectivity index (χ2n) is 12.7. The first kappa shape index (κ1) is 29.7. The van der Waals surface area contributed by atoms with Gasteiger partial charge in [0.2, 0.25) is 0 Å². The summed E-state index contributed by atoms with van der Waals surface area (Å²) in [6, 6.07) is 0. The molecule has 228 valence electrons. The summed E-state index contributed by atoms with van der Waals surface area (Å²) >= 11 is 0. The number of carbonyl (C=O) groups excluding carboxylic acids is 5. The summed E-state index contributed by atoms with van der Waals surface area (Å²) in [4.78, 5) is 63.4. The molecule has 41 heavy (non-hydrogen) atoms. The average Bonchev–Trinajstić information content (AvgIpc) is 3.67. The largest absolute Gasteiger partial charge is 0.462 e. The Morgan fingerprint density at radius 3 is 1.95 bits per heavy atom. The number of fused-ring (bicyclic) bond motifs is 3. The molecule has 1 N–H and O–H groups in total. The maximum Gasteiger partial charge on any atom is 0.342 e. The van der Waals surface area contributed by atoms with E-state index in [1.807, 2.05) is 0 Å². The number of rotatable bonds is 4. The smallest absolute Gasteiger partial charge is 0.342 e. The van der Waals surface area contributed by atoms with E-state index < -0.39 is 107 Å². The van der Waals surface area contributed by atoms with Crippen molar-refractivity contribution in [2.45, 2.75) is 128 Å². The van der Waals surface area contributed by atoms with Crippen molar-refractivity contribution in [3.63, 3.8) is 0 Å². The molecule has 5 fully saturated rings. The van der Waals surface area contributed by atoms with Gasteiger partial charge in [-0.05, 0) is 19.8 Å². The fourth-order valence-corrected chi connectivity index (χ4v) is 8.01. The van der Waals surface area contributed by atoms with Crippen molar-refractivity contribution in [3.8, 4) is 0 Å². The number of hydrogen-bond acceptors (Lipinski definition) is 13. The Morgan fingerprint density at radius 2 is 1.41 bits per heavy atom. The number of esters is 5. The van der Waals surface area contributed by atoms with Crippen LogP contribution in [-0.4, -0.2) is 94.5 Å². The Balaban J connectivity index is 1.80. The van der Waals surface area contributed by atoms with Gasteiger partial charge in [0.25, 0.3) is 0 Å². The standard InChI is InChI=1S/C28H38O13/c1-11-16(33)9-18(36-13(3)30)26(7)19(11)21(38-15(5)32)28-23(39-24(34)27(28,8)41-28)22-25(6,40-22)10-17(35-12(2)29)20(26)37-14(4)31/h11,16-23,33H,9-10H2,1-8H3/t11-,16-,17-,18-,19+,20-,21-,22-,23-,25+,26-,27-,28+/m0/s1. The summed E-state index contributed by atoms with van der Waals surface area (Å²) in [5, 5.41) is 11.3. The third-order valence-electron chi connectivity index (χ3n) is 9.90. The molecule has 2 aliphatic carbocycles. The van der Waals surface area contributed by atoms with Gasteiger partial charge in [0.15, 0.2) is 17.3 Å². The minimum Gasteiger partial charge on any atom is -0.462 e. The molecule has 3 saturated heterocycles. The maximum atomic E-state index is 13.2. The zero-order valence-corrected chi connectivity index (χ0v) is 24.5. The number of carbonyl (C=O) groups is 5. The summed E-state index contributed by atoms with van der Waals surface area (Å²) in [6.07, 6.45) is -7.58. The first-order valence-corrected chi connectivity index (χ1v) is 13.9. The highest BCUT2D eigenvalue weighted by Gasteiger charge is 2.91. The predicted octanol–water partition coefficient (Wildman–Crippen LogP) is 0.751. The first-order valence-electron chi connectivity index (χ1n) is 13.9. The van der Waals surface area contributed by atoms with Crippen molar-refractivity contribution in [3.05, 3.63) is 0 Å².